The first kappa shape index (κ1) is 16.3. The van der Waals surface area contributed by atoms with Crippen LogP contribution in [0.2, 0.25) is 0 Å². The average molecular weight is 328 g/mol. The van der Waals surface area contributed by atoms with Crippen molar-refractivity contribution in [2.24, 2.45) is 0 Å². The summed E-state index contributed by atoms with van der Waals surface area (Å²) in [4.78, 5) is 17.7. The molecule has 0 bridgehead atoms. The summed E-state index contributed by atoms with van der Waals surface area (Å²) in [5, 5.41) is 0.859. The Balaban J connectivity index is 1.94. The molecule has 0 radical (unpaired) electrons. The molecular weight excluding hydrogens is 307 g/mol. The molecule has 2 heterocycles. The van der Waals surface area contributed by atoms with Gasteiger partial charge in [-0.3, -0.25) is 4.79 Å². The van der Waals surface area contributed by atoms with E-state index >= 15 is 0 Å². The quantitative estimate of drug-likeness (QED) is 0.763. The lowest BCUT2D eigenvalue weighted by molar-refractivity contribution is 0.0670. The number of aromatic amines is 1. The Morgan fingerprint density at radius 1 is 1.25 bits per heavy atom. The van der Waals surface area contributed by atoms with Gasteiger partial charge in [-0.25, -0.2) is 4.39 Å². The largest absolute Gasteiger partial charge is 0.464 e. The summed E-state index contributed by atoms with van der Waals surface area (Å²) in [6.07, 6.45) is 0. The SMILES string of the molecule is Cc1ccc(CN(C(=O)c2cc3c(C)cc(F)cc3[nH]2)C(C)C)o1. The van der Waals surface area contributed by atoms with Crippen LogP contribution in [0.15, 0.2) is 34.7 Å². The number of hydrogen-bond acceptors (Lipinski definition) is 2. The highest BCUT2D eigenvalue weighted by molar-refractivity contribution is 5.99. The second-order valence-electron chi connectivity index (χ2n) is 6.41. The van der Waals surface area contributed by atoms with E-state index in [0.717, 1.165) is 22.5 Å². The summed E-state index contributed by atoms with van der Waals surface area (Å²) >= 11 is 0. The molecule has 0 aliphatic carbocycles. The van der Waals surface area contributed by atoms with Crippen LogP contribution in [0.5, 0.6) is 0 Å². The maximum Gasteiger partial charge on any atom is 0.270 e. The third kappa shape index (κ3) is 3.07. The zero-order valence-electron chi connectivity index (χ0n) is 14.3. The predicted octanol–water partition coefficient (Wildman–Crippen LogP) is 4.57. The van der Waals surface area contributed by atoms with Gasteiger partial charge in [-0.1, -0.05) is 0 Å². The molecule has 0 spiro atoms. The predicted molar refractivity (Wildman–Crippen MR) is 91.4 cm³/mol. The number of fused-ring (bicyclic) bond motifs is 1. The van der Waals surface area contributed by atoms with Crippen molar-refractivity contribution in [1.82, 2.24) is 9.88 Å². The second kappa shape index (κ2) is 6.15. The minimum atomic E-state index is -0.312. The number of carbonyl (C=O) groups is 1. The molecule has 1 N–H and O–H groups in total. The maximum absolute atomic E-state index is 13.6. The van der Waals surface area contributed by atoms with Gasteiger partial charge in [0.1, 0.15) is 23.0 Å². The topological polar surface area (TPSA) is 49.2 Å². The van der Waals surface area contributed by atoms with Crippen LogP contribution >= 0.6 is 0 Å². The molecule has 1 aromatic carbocycles. The normalized spacial score (nSPS) is 11.4. The van der Waals surface area contributed by atoms with E-state index in [4.69, 9.17) is 4.42 Å². The number of rotatable bonds is 4. The summed E-state index contributed by atoms with van der Waals surface area (Å²) in [5.41, 5.74) is 1.89. The van der Waals surface area contributed by atoms with Crippen LogP contribution in [-0.2, 0) is 6.54 Å². The fraction of sp³-hybridized carbons (Fsp3) is 0.316. The number of benzene rings is 1. The summed E-state index contributed by atoms with van der Waals surface area (Å²) in [6.45, 7) is 8.02. The number of amides is 1. The van der Waals surface area contributed by atoms with Crippen molar-refractivity contribution >= 4 is 16.8 Å². The Bertz CT molecular complexity index is 892. The van der Waals surface area contributed by atoms with Gasteiger partial charge in [-0.05, 0) is 63.6 Å². The van der Waals surface area contributed by atoms with Crippen molar-refractivity contribution < 1.29 is 13.6 Å². The summed E-state index contributed by atoms with van der Waals surface area (Å²) in [7, 11) is 0. The van der Waals surface area contributed by atoms with E-state index in [-0.39, 0.29) is 17.8 Å². The van der Waals surface area contributed by atoms with Crippen molar-refractivity contribution in [2.45, 2.75) is 40.3 Å². The first-order valence-corrected chi connectivity index (χ1v) is 8.00. The number of aryl methyl sites for hydroxylation is 2. The zero-order chi connectivity index (χ0) is 17.4. The minimum Gasteiger partial charge on any atom is -0.464 e. The summed E-state index contributed by atoms with van der Waals surface area (Å²) in [5.74, 6) is 1.12. The third-order valence-electron chi connectivity index (χ3n) is 4.15. The van der Waals surface area contributed by atoms with E-state index in [1.54, 1.807) is 11.0 Å². The van der Waals surface area contributed by atoms with Crippen molar-refractivity contribution in [2.75, 3.05) is 0 Å². The molecule has 3 aromatic rings. The van der Waals surface area contributed by atoms with Crippen molar-refractivity contribution in [1.29, 1.82) is 0 Å². The van der Waals surface area contributed by atoms with Gasteiger partial charge in [0.25, 0.3) is 5.91 Å². The monoisotopic (exact) mass is 328 g/mol. The standard InChI is InChI=1S/C19H21FN2O2/c1-11(2)22(10-15-6-5-13(4)24-15)19(23)18-9-16-12(3)7-14(20)8-17(16)21-18/h5-9,11,21H,10H2,1-4H3. The van der Waals surface area contributed by atoms with Crippen LogP contribution in [-0.4, -0.2) is 21.8 Å². The number of halogens is 1. The van der Waals surface area contributed by atoms with E-state index in [1.807, 2.05) is 39.8 Å². The Kier molecular flexibility index (Phi) is 4.18. The molecular formula is C19H21FN2O2. The molecule has 0 fully saturated rings. The van der Waals surface area contributed by atoms with Gasteiger partial charge in [-0.15, -0.1) is 0 Å². The van der Waals surface area contributed by atoms with Gasteiger partial charge in [-0.2, -0.15) is 0 Å². The second-order valence-corrected chi connectivity index (χ2v) is 6.41. The van der Waals surface area contributed by atoms with Crippen molar-refractivity contribution in [3.63, 3.8) is 0 Å². The number of nitrogens with one attached hydrogen (secondary N) is 1. The molecule has 0 aliphatic heterocycles. The van der Waals surface area contributed by atoms with Gasteiger partial charge in [0.15, 0.2) is 0 Å². The molecule has 2 aromatic heterocycles. The third-order valence-corrected chi connectivity index (χ3v) is 4.15. The van der Waals surface area contributed by atoms with Crippen LogP contribution < -0.4 is 0 Å². The number of hydrogen-bond donors (Lipinski definition) is 1. The highest BCUT2D eigenvalue weighted by Gasteiger charge is 2.22. The lowest BCUT2D eigenvalue weighted by Crippen LogP contribution is -2.36. The minimum absolute atomic E-state index is 0.00662. The van der Waals surface area contributed by atoms with E-state index in [1.165, 1.54) is 12.1 Å². The lowest BCUT2D eigenvalue weighted by Gasteiger charge is -2.25. The molecule has 0 atom stereocenters. The smallest absolute Gasteiger partial charge is 0.270 e. The number of H-pyrrole nitrogens is 1. The molecule has 4 nitrogen and oxygen atoms in total. The van der Waals surface area contributed by atoms with E-state index in [2.05, 4.69) is 4.98 Å². The molecule has 1 amide bonds. The van der Waals surface area contributed by atoms with E-state index < -0.39 is 0 Å². The van der Waals surface area contributed by atoms with Crippen molar-refractivity contribution in [3.05, 3.63) is 58.9 Å². The van der Waals surface area contributed by atoms with Crippen LogP contribution in [0.3, 0.4) is 0 Å². The molecule has 0 saturated heterocycles. The molecule has 0 aliphatic rings. The summed E-state index contributed by atoms with van der Waals surface area (Å²) < 4.78 is 19.1. The Morgan fingerprint density at radius 2 is 2.00 bits per heavy atom. The fourth-order valence-corrected chi connectivity index (χ4v) is 2.87. The number of nitrogens with zero attached hydrogens (tertiary/aromatic N) is 1. The number of aromatic nitrogens is 1. The molecule has 0 unspecified atom stereocenters. The van der Waals surface area contributed by atoms with Gasteiger partial charge in [0, 0.05) is 16.9 Å². The van der Waals surface area contributed by atoms with Crippen LogP contribution in [0.4, 0.5) is 4.39 Å². The van der Waals surface area contributed by atoms with E-state index in [9.17, 15) is 9.18 Å². The molecule has 24 heavy (non-hydrogen) atoms. The summed E-state index contributed by atoms with van der Waals surface area (Å²) in [6, 6.07) is 8.43. The van der Waals surface area contributed by atoms with Crippen LogP contribution in [0.1, 0.15) is 41.4 Å². The molecule has 0 saturated carbocycles. The fourth-order valence-electron chi connectivity index (χ4n) is 2.87. The van der Waals surface area contributed by atoms with Crippen molar-refractivity contribution in [3.8, 4) is 0 Å². The number of furan rings is 1. The van der Waals surface area contributed by atoms with Crippen LogP contribution in [0, 0.1) is 19.7 Å². The maximum atomic E-state index is 13.6. The highest BCUT2D eigenvalue weighted by Crippen LogP contribution is 2.23. The molecule has 3 rings (SSSR count). The van der Waals surface area contributed by atoms with Gasteiger partial charge in [0.2, 0.25) is 0 Å². The highest BCUT2D eigenvalue weighted by atomic mass is 19.1. The Labute approximate surface area is 140 Å². The zero-order valence-corrected chi connectivity index (χ0v) is 14.3. The Morgan fingerprint density at radius 3 is 2.62 bits per heavy atom. The first-order chi connectivity index (χ1) is 11.3. The number of carbonyl (C=O) groups excluding carboxylic acids is 1. The first-order valence-electron chi connectivity index (χ1n) is 8.00. The van der Waals surface area contributed by atoms with Gasteiger partial charge >= 0.3 is 0 Å². The van der Waals surface area contributed by atoms with Crippen LogP contribution in [0.25, 0.3) is 10.9 Å². The van der Waals surface area contributed by atoms with Gasteiger partial charge < -0.3 is 14.3 Å². The molecule has 5 heteroatoms. The Hall–Kier alpha value is -2.56. The van der Waals surface area contributed by atoms with E-state index in [0.29, 0.717) is 17.8 Å². The lowest BCUT2D eigenvalue weighted by atomic mass is 10.1. The van der Waals surface area contributed by atoms with Gasteiger partial charge in [0.05, 0.1) is 6.54 Å². The average Bonchev–Trinajstić information content (AvgIpc) is 3.10. The molecule has 126 valence electrons.